The first-order valence-electron chi connectivity index (χ1n) is 20.0. The number of benzene rings is 3. The number of aromatic nitrogens is 5. The van der Waals surface area contributed by atoms with Gasteiger partial charge >= 0.3 is 5.69 Å². The Bertz CT molecular complexity index is 2400. The first-order valence-corrected chi connectivity index (χ1v) is 20.0. The Kier molecular flexibility index (Phi) is 11.1. The molecule has 0 atom stereocenters. The number of piperazine rings is 1. The van der Waals surface area contributed by atoms with Crippen LogP contribution in [-0.2, 0) is 19.6 Å². The van der Waals surface area contributed by atoms with Crippen LogP contribution in [0.4, 0.5) is 4.39 Å². The molecule has 1 saturated heterocycles. The van der Waals surface area contributed by atoms with Gasteiger partial charge in [-0.2, -0.15) is 0 Å². The molecule has 6 aromatic rings. The van der Waals surface area contributed by atoms with Gasteiger partial charge in [-0.15, -0.1) is 0 Å². The maximum Gasteiger partial charge on any atom is 0.337 e. The quantitative estimate of drug-likeness (QED) is 0.157. The van der Waals surface area contributed by atoms with Crippen LogP contribution < -0.4 is 16.6 Å². The molecule has 56 heavy (non-hydrogen) atoms. The fourth-order valence-corrected chi connectivity index (χ4v) is 8.44. The van der Waals surface area contributed by atoms with Gasteiger partial charge in [-0.3, -0.25) is 19.2 Å². The number of halogens is 1. The Hall–Kier alpha value is -5.23. The Balaban J connectivity index is 0.987. The van der Waals surface area contributed by atoms with Crippen LogP contribution in [0.3, 0.4) is 0 Å². The van der Waals surface area contributed by atoms with Crippen molar-refractivity contribution in [3.63, 3.8) is 0 Å². The molecule has 4 heterocycles. The van der Waals surface area contributed by atoms with Crippen LogP contribution in [-0.4, -0.2) is 71.7 Å². The highest BCUT2D eigenvalue weighted by atomic mass is 19.1. The zero-order valence-corrected chi connectivity index (χ0v) is 32.6. The second-order valence-electron chi connectivity index (χ2n) is 15.7. The smallest absolute Gasteiger partial charge is 0.330 e. The number of nitrogens with one attached hydrogen (secondary N) is 1. The van der Waals surface area contributed by atoms with Gasteiger partial charge in [-0.05, 0) is 86.9 Å². The zero-order chi connectivity index (χ0) is 38.8. The summed E-state index contributed by atoms with van der Waals surface area (Å²) in [6, 6.07) is 28.4. The maximum atomic E-state index is 14.6. The molecular weight excluding hydrogens is 704 g/mol. The van der Waals surface area contributed by atoms with Crippen molar-refractivity contribution in [2.45, 2.75) is 84.2 Å². The predicted octanol–water partition coefficient (Wildman–Crippen LogP) is 6.71. The standard InChI is InChI=1S/C45H51FN8O2/c1-31(2)51-22-20-50(21-23-51)28-34-12-14-35(15-13-34)36-10-7-11-40(24-36)53-43-41(25-37(46)26-48-43)44(55)54(45(53)56)39-18-16-38(17-19-39)47-27-42-32(3)52(30-49-42)29-33-8-5-4-6-9-33/h4-15,24-26,30-31,38-39,47H,16-23,27-29H2,1-3H3. The summed E-state index contributed by atoms with van der Waals surface area (Å²) in [5, 5.41) is 3.76. The van der Waals surface area contributed by atoms with Gasteiger partial charge in [0, 0.05) is 69.6 Å². The Morgan fingerprint density at radius 3 is 2.27 bits per heavy atom. The highest BCUT2D eigenvalue weighted by Crippen LogP contribution is 2.29. The molecule has 1 N–H and O–H groups in total. The van der Waals surface area contributed by atoms with Gasteiger partial charge in [-0.25, -0.2) is 23.7 Å². The molecule has 2 aliphatic rings. The molecular formula is C45H51FN8O2. The second-order valence-corrected chi connectivity index (χ2v) is 15.7. The van der Waals surface area contributed by atoms with Crippen LogP contribution in [0.15, 0.2) is 107 Å². The third kappa shape index (κ3) is 8.02. The molecule has 3 aromatic heterocycles. The third-order valence-corrected chi connectivity index (χ3v) is 11.8. The van der Waals surface area contributed by atoms with Gasteiger partial charge in [0.2, 0.25) is 0 Å². The van der Waals surface area contributed by atoms with E-state index in [1.807, 2.05) is 48.8 Å². The fourth-order valence-electron chi connectivity index (χ4n) is 8.44. The minimum absolute atomic E-state index is 0.0930. The number of nitrogens with zero attached hydrogens (tertiary/aromatic N) is 7. The normalized spacial score (nSPS) is 18.2. The van der Waals surface area contributed by atoms with Crippen LogP contribution in [0, 0.1) is 12.7 Å². The second kappa shape index (κ2) is 16.5. The topological polar surface area (TPSA) is 93.2 Å². The molecule has 0 amide bonds. The Morgan fingerprint density at radius 1 is 0.804 bits per heavy atom. The molecule has 8 rings (SSSR count). The lowest BCUT2D eigenvalue weighted by atomic mass is 9.91. The summed E-state index contributed by atoms with van der Waals surface area (Å²) >= 11 is 0. The van der Waals surface area contributed by atoms with Gasteiger partial charge in [0.15, 0.2) is 5.65 Å². The van der Waals surface area contributed by atoms with Crippen molar-refractivity contribution in [3.8, 4) is 16.8 Å². The first-order chi connectivity index (χ1) is 27.2. The summed E-state index contributed by atoms with van der Waals surface area (Å²) in [6.45, 7) is 13.2. The molecule has 3 aromatic carbocycles. The zero-order valence-electron chi connectivity index (χ0n) is 32.6. The SMILES string of the molecule is Cc1c(CNC2CCC(n3c(=O)c4cc(F)cnc4n(-c4cccc(-c5ccc(CN6CCN(C(C)C)CC6)cc5)c4)c3=O)CC2)ncn1Cc1ccccc1. The largest absolute Gasteiger partial charge is 0.337 e. The van der Waals surface area contributed by atoms with Crippen molar-refractivity contribution in [3.05, 3.63) is 147 Å². The molecule has 290 valence electrons. The molecule has 10 nitrogen and oxygen atoms in total. The molecule has 1 aliphatic heterocycles. The summed E-state index contributed by atoms with van der Waals surface area (Å²) in [6.07, 6.45) is 5.83. The molecule has 1 aliphatic carbocycles. The minimum atomic E-state index is -0.614. The number of pyridine rings is 1. The van der Waals surface area contributed by atoms with E-state index >= 15 is 0 Å². The van der Waals surface area contributed by atoms with E-state index in [1.165, 1.54) is 26.3 Å². The molecule has 0 bridgehead atoms. The van der Waals surface area contributed by atoms with E-state index in [-0.39, 0.29) is 23.1 Å². The maximum absolute atomic E-state index is 14.6. The summed E-state index contributed by atoms with van der Waals surface area (Å²) in [4.78, 5) is 42.4. The Labute approximate surface area is 327 Å². The van der Waals surface area contributed by atoms with Crippen LogP contribution in [0.5, 0.6) is 0 Å². The van der Waals surface area contributed by atoms with E-state index in [0.717, 1.165) is 80.8 Å². The molecule has 11 heteroatoms. The van der Waals surface area contributed by atoms with Crippen molar-refractivity contribution in [2.24, 2.45) is 0 Å². The average molecular weight is 755 g/mol. The van der Waals surface area contributed by atoms with Crippen molar-refractivity contribution in [1.29, 1.82) is 0 Å². The van der Waals surface area contributed by atoms with E-state index in [1.54, 1.807) is 0 Å². The number of imidazole rings is 1. The lowest BCUT2D eigenvalue weighted by Crippen LogP contribution is -2.48. The summed E-state index contributed by atoms with van der Waals surface area (Å²) in [5.74, 6) is -0.614. The van der Waals surface area contributed by atoms with Gasteiger partial charge in [0.05, 0.1) is 29.3 Å². The van der Waals surface area contributed by atoms with Gasteiger partial charge < -0.3 is 9.88 Å². The van der Waals surface area contributed by atoms with E-state index < -0.39 is 17.1 Å². The molecule has 1 saturated carbocycles. The van der Waals surface area contributed by atoms with Crippen molar-refractivity contribution in [1.82, 2.24) is 38.8 Å². The summed E-state index contributed by atoms with van der Waals surface area (Å²) in [7, 11) is 0. The summed E-state index contributed by atoms with van der Waals surface area (Å²) in [5.41, 5.74) is 6.37. The minimum Gasteiger partial charge on any atom is -0.330 e. The first kappa shape index (κ1) is 37.7. The van der Waals surface area contributed by atoms with Crippen LogP contribution in [0.1, 0.15) is 68.1 Å². The van der Waals surface area contributed by atoms with E-state index in [4.69, 9.17) is 0 Å². The Morgan fingerprint density at radius 2 is 1.54 bits per heavy atom. The van der Waals surface area contributed by atoms with Crippen molar-refractivity contribution in [2.75, 3.05) is 26.2 Å². The van der Waals surface area contributed by atoms with E-state index in [0.29, 0.717) is 31.1 Å². The van der Waals surface area contributed by atoms with E-state index in [9.17, 15) is 14.0 Å². The highest BCUT2D eigenvalue weighted by Gasteiger charge is 2.28. The lowest BCUT2D eigenvalue weighted by Gasteiger charge is -2.36. The number of rotatable bonds is 11. The average Bonchev–Trinajstić information content (AvgIpc) is 3.56. The predicted molar refractivity (Wildman–Crippen MR) is 220 cm³/mol. The van der Waals surface area contributed by atoms with Gasteiger partial charge in [0.1, 0.15) is 5.82 Å². The number of hydrogen-bond donors (Lipinski definition) is 1. The van der Waals surface area contributed by atoms with Gasteiger partial charge in [-0.1, -0.05) is 66.7 Å². The van der Waals surface area contributed by atoms with Crippen LogP contribution in [0.2, 0.25) is 0 Å². The number of fused-ring (bicyclic) bond motifs is 1. The summed E-state index contributed by atoms with van der Waals surface area (Å²) < 4.78 is 19.6. The van der Waals surface area contributed by atoms with Crippen LogP contribution in [0.25, 0.3) is 27.8 Å². The highest BCUT2D eigenvalue weighted by molar-refractivity contribution is 5.76. The molecule has 0 spiro atoms. The molecule has 2 fully saturated rings. The van der Waals surface area contributed by atoms with Crippen LogP contribution >= 0.6 is 0 Å². The van der Waals surface area contributed by atoms with E-state index in [2.05, 4.69) is 86.8 Å². The van der Waals surface area contributed by atoms with Gasteiger partial charge in [0.25, 0.3) is 5.56 Å². The van der Waals surface area contributed by atoms with Crippen molar-refractivity contribution >= 4 is 11.0 Å². The fraction of sp³-hybridized carbons (Fsp3) is 0.378. The van der Waals surface area contributed by atoms with Crippen molar-refractivity contribution < 1.29 is 4.39 Å². The third-order valence-electron chi connectivity index (χ3n) is 11.8. The monoisotopic (exact) mass is 754 g/mol. The number of hydrogen-bond acceptors (Lipinski definition) is 7. The lowest BCUT2D eigenvalue weighted by molar-refractivity contribution is 0.104. The molecule has 0 radical (unpaired) electrons. The molecule has 0 unspecified atom stereocenters.